The Balaban J connectivity index is 0.000000296. The summed E-state index contributed by atoms with van der Waals surface area (Å²) in [6.07, 6.45) is 9.39. The lowest BCUT2D eigenvalue weighted by atomic mass is 10.0. The van der Waals surface area contributed by atoms with Crippen LogP contribution in [0.4, 0.5) is 0 Å². The topological polar surface area (TPSA) is 98.6 Å². The van der Waals surface area contributed by atoms with Gasteiger partial charge in [-0.15, -0.1) is 0 Å². The zero-order valence-corrected chi connectivity index (χ0v) is 25.7. The summed E-state index contributed by atoms with van der Waals surface area (Å²) in [5.74, 6) is 1.94. The first-order valence-electron chi connectivity index (χ1n) is 14.2. The Kier molecular flexibility index (Phi) is 12.0. The highest BCUT2D eigenvalue weighted by molar-refractivity contribution is 6.32. The van der Waals surface area contributed by atoms with E-state index in [-0.39, 0.29) is 11.9 Å². The number of benzene rings is 2. The zero-order chi connectivity index (χ0) is 30.6. The molecule has 4 aromatic rings. The lowest BCUT2D eigenvalue weighted by Gasteiger charge is -2.32. The molecule has 0 saturated carbocycles. The van der Waals surface area contributed by atoms with E-state index in [2.05, 4.69) is 20.2 Å². The van der Waals surface area contributed by atoms with Gasteiger partial charge < -0.3 is 14.8 Å². The van der Waals surface area contributed by atoms with Crippen molar-refractivity contribution in [1.29, 1.82) is 0 Å². The van der Waals surface area contributed by atoms with Crippen LogP contribution in [0.2, 0.25) is 10.0 Å². The summed E-state index contributed by atoms with van der Waals surface area (Å²) < 4.78 is 12.6. The van der Waals surface area contributed by atoms with Crippen LogP contribution in [0.3, 0.4) is 0 Å². The summed E-state index contributed by atoms with van der Waals surface area (Å²) in [5.41, 5.74) is 2.32. The number of likely N-dealkylation sites (tertiary alicyclic amines) is 1. The van der Waals surface area contributed by atoms with Gasteiger partial charge in [-0.25, -0.2) is 9.97 Å². The van der Waals surface area contributed by atoms with Crippen LogP contribution in [0.5, 0.6) is 11.5 Å². The smallest absolute Gasteiger partial charge is 0.253 e. The average Bonchev–Trinajstić information content (AvgIpc) is 3.57. The molecule has 0 spiro atoms. The van der Waals surface area contributed by atoms with Gasteiger partial charge in [0.15, 0.2) is 0 Å². The number of halogens is 2. The van der Waals surface area contributed by atoms with Crippen molar-refractivity contribution in [3.05, 3.63) is 100 Å². The van der Waals surface area contributed by atoms with Gasteiger partial charge in [0.1, 0.15) is 29.9 Å². The number of aromatic nitrogens is 3. The standard InChI is InChI=1S/C23H26ClN5O2.C9H9ClO2/c1-2-31-21-13-17(3-5-20(21)24)15-28-10-7-19(8-11-28)27-23(30)18-4-6-22(26-14-18)29-12-9-25-16-29;1-2-12-9-5-7(6-11)3-4-8(9)10/h3-6,9,12-14,16,19H,2,7-8,10-11,15H2,1H3,(H,27,30);3-6H,2H2,1H3. The molecule has 0 unspecified atom stereocenters. The number of hydrogen-bond acceptors (Lipinski definition) is 7. The fraction of sp³-hybridized carbons (Fsp3) is 0.312. The number of ether oxygens (including phenoxy) is 2. The van der Waals surface area contributed by atoms with Crippen molar-refractivity contribution in [1.82, 2.24) is 24.8 Å². The molecule has 11 heteroatoms. The second-order valence-corrected chi connectivity index (χ2v) is 10.7. The summed E-state index contributed by atoms with van der Waals surface area (Å²) in [5, 5.41) is 4.31. The van der Waals surface area contributed by atoms with Crippen molar-refractivity contribution >= 4 is 35.4 Å². The maximum Gasteiger partial charge on any atom is 0.253 e. The Morgan fingerprint density at radius 3 is 2.30 bits per heavy atom. The Morgan fingerprint density at radius 1 is 1.00 bits per heavy atom. The maximum atomic E-state index is 12.6. The second-order valence-electron chi connectivity index (χ2n) is 9.84. The number of nitrogens with one attached hydrogen (secondary N) is 1. The van der Waals surface area contributed by atoms with E-state index in [1.165, 1.54) is 5.56 Å². The normalized spacial score (nSPS) is 13.5. The van der Waals surface area contributed by atoms with E-state index in [1.54, 1.807) is 47.6 Å². The second kappa shape index (κ2) is 16.1. The Hall–Kier alpha value is -3.92. The first-order valence-corrected chi connectivity index (χ1v) is 14.9. The van der Waals surface area contributed by atoms with Crippen LogP contribution in [-0.2, 0) is 6.54 Å². The Morgan fingerprint density at radius 2 is 1.70 bits per heavy atom. The summed E-state index contributed by atoms with van der Waals surface area (Å²) in [4.78, 5) is 33.7. The van der Waals surface area contributed by atoms with Crippen LogP contribution in [-0.4, -0.2) is 64.0 Å². The summed E-state index contributed by atoms with van der Waals surface area (Å²) in [7, 11) is 0. The molecule has 226 valence electrons. The molecular formula is C32H35Cl2N5O4. The molecule has 1 amide bonds. The highest BCUT2D eigenvalue weighted by Crippen LogP contribution is 2.27. The number of imidazole rings is 1. The lowest BCUT2D eigenvalue weighted by Crippen LogP contribution is -2.44. The molecule has 0 bridgehead atoms. The average molecular weight is 625 g/mol. The number of rotatable bonds is 10. The zero-order valence-electron chi connectivity index (χ0n) is 24.2. The summed E-state index contributed by atoms with van der Waals surface area (Å²) in [6, 6.07) is 14.7. The SMILES string of the molecule is CCOc1cc(C=O)ccc1Cl.CCOc1cc(CN2CCC(NC(=O)c3ccc(-n4ccnc4)nc3)CC2)ccc1Cl. The van der Waals surface area contributed by atoms with Crippen molar-refractivity contribution in [3.8, 4) is 17.3 Å². The van der Waals surface area contributed by atoms with Crippen LogP contribution in [0, 0.1) is 0 Å². The molecule has 43 heavy (non-hydrogen) atoms. The number of hydrogen-bond donors (Lipinski definition) is 1. The number of amides is 1. The van der Waals surface area contributed by atoms with E-state index in [4.69, 9.17) is 32.7 Å². The van der Waals surface area contributed by atoms with E-state index >= 15 is 0 Å². The van der Waals surface area contributed by atoms with E-state index in [0.717, 1.165) is 50.3 Å². The van der Waals surface area contributed by atoms with Gasteiger partial charge in [-0.1, -0.05) is 29.3 Å². The molecule has 3 heterocycles. The number of pyridine rings is 1. The third-order valence-electron chi connectivity index (χ3n) is 6.79. The molecule has 2 aromatic heterocycles. The van der Waals surface area contributed by atoms with Crippen LogP contribution in [0.1, 0.15) is 53.0 Å². The van der Waals surface area contributed by atoms with Crippen molar-refractivity contribution in [2.24, 2.45) is 0 Å². The first kappa shape index (κ1) is 32.0. The molecule has 5 rings (SSSR count). The molecule has 9 nitrogen and oxygen atoms in total. The molecule has 1 aliphatic rings. The summed E-state index contributed by atoms with van der Waals surface area (Å²) >= 11 is 12.0. The van der Waals surface area contributed by atoms with Crippen molar-refractivity contribution in [2.45, 2.75) is 39.3 Å². The van der Waals surface area contributed by atoms with Gasteiger partial charge in [0.2, 0.25) is 0 Å². The summed E-state index contributed by atoms with van der Waals surface area (Å²) in [6.45, 7) is 7.65. The van der Waals surface area contributed by atoms with Crippen molar-refractivity contribution < 1.29 is 19.1 Å². The minimum Gasteiger partial charge on any atom is -0.492 e. The van der Waals surface area contributed by atoms with E-state index in [0.29, 0.717) is 40.1 Å². The number of carbonyl (C=O) groups is 2. The van der Waals surface area contributed by atoms with Gasteiger partial charge in [0.05, 0.1) is 28.8 Å². The molecule has 0 aliphatic carbocycles. The quantitative estimate of drug-likeness (QED) is 0.208. The van der Waals surface area contributed by atoms with Gasteiger partial charge in [-0.3, -0.25) is 19.1 Å². The van der Waals surface area contributed by atoms with Crippen molar-refractivity contribution in [3.63, 3.8) is 0 Å². The molecule has 0 atom stereocenters. The first-order chi connectivity index (χ1) is 20.9. The van der Waals surface area contributed by atoms with Gasteiger partial charge in [-0.2, -0.15) is 0 Å². The van der Waals surface area contributed by atoms with E-state index in [1.807, 2.05) is 44.3 Å². The molecule has 1 fully saturated rings. The van der Waals surface area contributed by atoms with Crippen LogP contribution < -0.4 is 14.8 Å². The van der Waals surface area contributed by atoms with Crippen LogP contribution >= 0.6 is 23.2 Å². The molecule has 0 radical (unpaired) electrons. The van der Waals surface area contributed by atoms with Gasteiger partial charge in [0.25, 0.3) is 5.91 Å². The van der Waals surface area contributed by atoms with E-state index < -0.39 is 0 Å². The number of aldehydes is 1. The van der Waals surface area contributed by atoms with E-state index in [9.17, 15) is 9.59 Å². The van der Waals surface area contributed by atoms with Gasteiger partial charge >= 0.3 is 0 Å². The van der Waals surface area contributed by atoms with Gasteiger partial charge in [0, 0.05) is 49.8 Å². The highest BCUT2D eigenvalue weighted by atomic mass is 35.5. The highest BCUT2D eigenvalue weighted by Gasteiger charge is 2.21. The van der Waals surface area contributed by atoms with Gasteiger partial charge in [-0.05, 0) is 74.7 Å². The lowest BCUT2D eigenvalue weighted by molar-refractivity contribution is 0.0908. The predicted molar refractivity (Wildman–Crippen MR) is 168 cm³/mol. The molecule has 1 N–H and O–H groups in total. The third kappa shape index (κ3) is 9.28. The fourth-order valence-corrected chi connectivity index (χ4v) is 4.95. The fourth-order valence-electron chi connectivity index (χ4n) is 4.60. The minimum atomic E-state index is -0.0813. The van der Waals surface area contributed by atoms with Crippen LogP contribution in [0.15, 0.2) is 73.4 Å². The molecule has 2 aromatic carbocycles. The van der Waals surface area contributed by atoms with Crippen LogP contribution in [0.25, 0.3) is 5.82 Å². The maximum absolute atomic E-state index is 12.6. The number of carbonyl (C=O) groups excluding carboxylic acids is 2. The Bertz CT molecular complexity index is 1470. The van der Waals surface area contributed by atoms with Crippen molar-refractivity contribution in [2.75, 3.05) is 26.3 Å². The minimum absolute atomic E-state index is 0.0813. The monoisotopic (exact) mass is 623 g/mol. The predicted octanol–water partition coefficient (Wildman–Crippen LogP) is 6.27. The molecule has 1 aliphatic heterocycles. The Labute approximate surface area is 261 Å². The largest absolute Gasteiger partial charge is 0.492 e. The number of piperidine rings is 1. The molecular weight excluding hydrogens is 589 g/mol. The molecule has 1 saturated heterocycles. The number of nitrogens with zero attached hydrogens (tertiary/aromatic N) is 4. The third-order valence-corrected chi connectivity index (χ3v) is 7.42.